The molecule has 0 saturated carbocycles. The van der Waals surface area contributed by atoms with Gasteiger partial charge in [0, 0.05) is 0 Å². The summed E-state index contributed by atoms with van der Waals surface area (Å²) in [5, 5.41) is 10.8. The van der Waals surface area contributed by atoms with Crippen LogP contribution in [0.1, 0.15) is 26.7 Å². The SMILES string of the molecule is CC(C)CC([C]=O)NC(=O)C(N)CC(=O)O. The number of rotatable bonds is 7. The van der Waals surface area contributed by atoms with Gasteiger partial charge in [0.15, 0.2) is 0 Å². The summed E-state index contributed by atoms with van der Waals surface area (Å²) >= 11 is 0. The van der Waals surface area contributed by atoms with Crippen LogP contribution in [0.2, 0.25) is 0 Å². The van der Waals surface area contributed by atoms with Crippen molar-refractivity contribution in [2.75, 3.05) is 0 Å². The van der Waals surface area contributed by atoms with E-state index in [0.717, 1.165) is 0 Å². The quantitative estimate of drug-likeness (QED) is 0.541. The molecule has 1 radical (unpaired) electrons. The van der Waals surface area contributed by atoms with Crippen molar-refractivity contribution in [1.29, 1.82) is 0 Å². The largest absolute Gasteiger partial charge is 0.481 e. The predicted octanol–water partition coefficient (Wildman–Crippen LogP) is -0.571. The Balaban J connectivity index is 4.18. The van der Waals surface area contributed by atoms with Gasteiger partial charge in [0.25, 0.3) is 0 Å². The van der Waals surface area contributed by atoms with Crippen molar-refractivity contribution < 1.29 is 19.5 Å². The lowest BCUT2D eigenvalue weighted by atomic mass is 10.0. The van der Waals surface area contributed by atoms with Crippen molar-refractivity contribution in [3.63, 3.8) is 0 Å². The van der Waals surface area contributed by atoms with E-state index in [1.54, 1.807) is 6.29 Å². The van der Waals surface area contributed by atoms with E-state index in [9.17, 15) is 14.4 Å². The van der Waals surface area contributed by atoms with Crippen LogP contribution in [0.4, 0.5) is 0 Å². The van der Waals surface area contributed by atoms with Crippen molar-refractivity contribution in [3.05, 3.63) is 0 Å². The number of hydrogen-bond acceptors (Lipinski definition) is 4. The van der Waals surface area contributed by atoms with Crippen molar-refractivity contribution >= 4 is 18.2 Å². The molecule has 0 heterocycles. The topological polar surface area (TPSA) is 109 Å². The van der Waals surface area contributed by atoms with E-state index >= 15 is 0 Å². The van der Waals surface area contributed by atoms with Gasteiger partial charge in [0.05, 0.1) is 18.5 Å². The monoisotopic (exact) mass is 229 g/mol. The highest BCUT2D eigenvalue weighted by atomic mass is 16.4. The van der Waals surface area contributed by atoms with Crippen molar-refractivity contribution in [2.45, 2.75) is 38.8 Å². The van der Waals surface area contributed by atoms with Crippen LogP contribution in [0, 0.1) is 5.92 Å². The molecule has 91 valence electrons. The van der Waals surface area contributed by atoms with E-state index in [1.807, 2.05) is 13.8 Å². The Morgan fingerprint density at radius 3 is 2.38 bits per heavy atom. The minimum absolute atomic E-state index is 0.224. The number of nitrogens with two attached hydrogens (primary N) is 1. The molecular weight excluding hydrogens is 212 g/mol. The molecule has 0 aromatic carbocycles. The molecule has 16 heavy (non-hydrogen) atoms. The Hall–Kier alpha value is -1.43. The van der Waals surface area contributed by atoms with Crippen molar-refractivity contribution in [2.24, 2.45) is 11.7 Å². The second-order valence-electron chi connectivity index (χ2n) is 4.01. The normalized spacial score (nSPS) is 14.2. The van der Waals surface area contributed by atoms with Gasteiger partial charge in [-0.05, 0) is 12.3 Å². The van der Waals surface area contributed by atoms with Crippen molar-refractivity contribution in [1.82, 2.24) is 5.32 Å². The zero-order valence-corrected chi connectivity index (χ0v) is 9.40. The molecule has 0 rings (SSSR count). The molecule has 0 saturated heterocycles. The second kappa shape index (κ2) is 6.95. The maximum absolute atomic E-state index is 11.4. The highest BCUT2D eigenvalue weighted by Gasteiger charge is 2.20. The zero-order chi connectivity index (χ0) is 12.7. The van der Waals surface area contributed by atoms with E-state index in [0.29, 0.717) is 6.42 Å². The third-order valence-corrected chi connectivity index (χ3v) is 1.90. The molecule has 0 aromatic rings. The first-order chi connectivity index (χ1) is 7.36. The van der Waals surface area contributed by atoms with Crippen LogP contribution >= 0.6 is 0 Å². The lowest BCUT2D eigenvalue weighted by Gasteiger charge is -2.16. The number of carboxylic acids is 1. The minimum Gasteiger partial charge on any atom is -0.481 e. The average Bonchev–Trinajstić information content (AvgIpc) is 2.14. The summed E-state index contributed by atoms with van der Waals surface area (Å²) in [5.74, 6) is -1.57. The molecule has 0 aromatic heterocycles. The Morgan fingerprint density at radius 1 is 1.44 bits per heavy atom. The van der Waals surface area contributed by atoms with Crippen LogP contribution in [-0.4, -0.2) is 35.4 Å². The zero-order valence-electron chi connectivity index (χ0n) is 9.40. The molecular formula is C10H17N2O4. The Kier molecular flexibility index (Phi) is 6.32. The fourth-order valence-corrected chi connectivity index (χ4v) is 1.17. The number of carbonyl (C=O) groups is 2. The smallest absolute Gasteiger partial charge is 0.305 e. The van der Waals surface area contributed by atoms with Crippen LogP contribution in [0.25, 0.3) is 0 Å². The summed E-state index contributed by atoms with van der Waals surface area (Å²) < 4.78 is 0. The lowest BCUT2D eigenvalue weighted by molar-refractivity contribution is -0.139. The van der Waals surface area contributed by atoms with Crippen LogP contribution in [0.3, 0.4) is 0 Å². The molecule has 0 spiro atoms. The number of aliphatic carboxylic acids is 1. The van der Waals surface area contributed by atoms with Gasteiger partial charge < -0.3 is 16.2 Å². The molecule has 0 aliphatic heterocycles. The van der Waals surface area contributed by atoms with E-state index < -0.39 is 30.4 Å². The summed E-state index contributed by atoms with van der Waals surface area (Å²) in [5.41, 5.74) is 5.33. The predicted molar refractivity (Wildman–Crippen MR) is 57.3 cm³/mol. The van der Waals surface area contributed by atoms with Gasteiger partial charge in [-0.3, -0.25) is 14.4 Å². The maximum Gasteiger partial charge on any atom is 0.305 e. The van der Waals surface area contributed by atoms with Crippen molar-refractivity contribution in [3.8, 4) is 0 Å². The van der Waals surface area contributed by atoms with Gasteiger partial charge in [-0.1, -0.05) is 13.8 Å². The summed E-state index contributed by atoms with van der Waals surface area (Å²) in [6, 6.07) is -1.87. The third kappa shape index (κ3) is 6.13. The average molecular weight is 229 g/mol. The standard InChI is InChI=1S/C10H17N2O4/c1-6(2)3-7(5-13)12-10(16)8(11)4-9(14)15/h6-8H,3-4,11H2,1-2H3,(H,12,16)(H,14,15). The first-order valence-corrected chi connectivity index (χ1v) is 5.02. The number of amides is 1. The molecule has 6 nitrogen and oxygen atoms in total. The summed E-state index contributed by atoms with van der Waals surface area (Å²) in [4.78, 5) is 32.2. The molecule has 2 atom stereocenters. The molecule has 6 heteroatoms. The van der Waals surface area contributed by atoms with Crippen LogP contribution < -0.4 is 11.1 Å². The lowest BCUT2D eigenvalue weighted by Crippen LogP contribution is -2.47. The molecule has 2 unspecified atom stereocenters. The number of carbonyl (C=O) groups excluding carboxylic acids is 2. The van der Waals surface area contributed by atoms with E-state index in [4.69, 9.17) is 10.8 Å². The first kappa shape index (κ1) is 14.6. The summed E-state index contributed by atoms with van der Waals surface area (Å²) in [6.45, 7) is 3.79. The van der Waals surface area contributed by atoms with Gasteiger partial charge in [0.2, 0.25) is 12.2 Å². The van der Waals surface area contributed by atoms with Crippen LogP contribution in [-0.2, 0) is 14.4 Å². The fraction of sp³-hybridized carbons (Fsp3) is 0.700. The Bertz CT molecular complexity index is 266. The van der Waals surface area contributed by atoms with Crippen LogP contribution in [0.15, 0.2) is 0 Å². The van der Waals surface area contributed by atoms with Gasteiger partial charge >= 0.3 is 5.97 Å². The molecule has 0 fully saturated rings. The molecule has 1 amide bonds. The number of carboxylic acid groups (broad SMARTS) is 1. The summed E-state index contributed by atoms with van der Waals surface area (Å²) in [7, 11) is 0. The minimum atomic E-state index is -1.15. The summed E-state index contributed by atoms with van der Waals surface area (Å²) in [6.07, 6.45) is 1.68. The second-order valence-corrected chi connectivity index (χ2v) is 4.01. The van der Waals surface area contributed by atoms with E-state index in [-0.39, 0.29) is 5.92 Å². The third-order valence-electron chi connectivity index (χ3n) is 1.90. The highest BCUT2D eigenvalue weighted by Crippen LogP contribution is 2.03. The maximum atomic E-state index is 11.4. The molecule has 4 N–H and O–H groups in total. The van der Waals surface area contributed by atoms with Gasteiger partial charge in [0.1, 0.15) is 0 Å². The van der Waals surface area contributed by atoms with Gasteiger partial charge in [-0.15, -0.1) is 0 Å². The van der Waals surface area contributed by atoms with Gasteiger partial charge in [-0.2, -0.15) is 0 Å². The Morgan fingerprint density at radius 2 is 2.00 bits per heavy atom. The Labute approximate surface area is 94.2 Å². The molecule has 0 bridgehead atoms. The molecule has 0 aliphatic rings. The van der Waals surface area contributed by atoms with Gasteiger partial charge in [-0.25, -0.2) is 0 Å². The van der Waals surface area contributed by atoms with Crippen LogP contribution in [0.5, 0.6) is 0 Å². The first-order valence-electron chi connectivity index (χ1n) is 5.02. The number of nitrogens with one attached hydrogen (secondary N) is 1. The fourth-order valence-electron chi connectivity index (χ4n) is 1.17. The molecule has 0 aliphatic carbocycles. The van der Waals surface area contributed by atoms with E-state index in [2.05, 4.69) is 5.32 Å². The van der Waals surface area contributed by atoms with E-state index in [1.165, 1.54) is 0 Å². The highest BCUT2D eigenvalue weighted by molar-refractivity contribution is 5.87. The number of hydrogen-bond donors (Lipinski definition) is 3.